The van der Waals surface area contributed by atoms with E-state index in [9.17, 15) is 14.0 Å². The zero-order valence-corrected chi connectivity index (χ0v) is 21.8. The lowest BCUT2D eigenvalue weighted by molar-refractivity contribution is -0.116. The summed E-state index contributed by atoms with van der Waals surface area (Å²) in [6, 6.07) is 13.6. The van der Waals surface area contributed by atoms with Crippen LogP contribution in [0.5, 0.6) is 0 Å². The Balaban J connectivity index is 1.37. The van der Waals surface area contributed by atoms with E-state index in [1.165, 1.54) is 12.1 Å². The van der Waals surface area contributed by atoms with Gasteiger partial charge in [-0.25, -0.2) is 19.2 Å². The lowest BCUT2D eigenvalue weighted by Gasteiger charge is -2.25. The van der Waals surface area contributed by atoms with Gasteiger partial charge in [-0.15, -0.1) is 0 Å². The molecule has 0 radical (unpaired) electrons. The predicted molar refractivity (Wildman–Crippen MR) is 142 cm³/mol. The highest BCUT2D eigenvalue weighted by Gasteiger charge is 2.34. The maximum atomic E-state index is 13.6. The fourth-order valence-corrected chi connectivity index (χ4v) is 4.23. The molecular weight excluding hydrogens is 485 g/mol. The summed E-state index contributed by atoms with van der Waals surface area (Å²) in [5.74, 6) is -0.0443. The van der Waals surface area contributed by atoms with Crippen molar-refractivity contribution in [3.63, 3.8) is 0 Å². The number of amides is 2. The molecule has 2 aromatic heterocycles. The Morgan fingerprint density at radius 3 is 2.37 bits per heavy atom. The zero-order chi connectivity index (χ0) is 27.2. The number of ether oxygens (including phenoxy) is 1. The smallest absolute Gasteiger partial charge is 0.407 e. The molecule has 2 N–H and O–H groups in total. The summed E-state index contributed by atoms with van der Waals surface area (Å²) in [5.41, 5.74) is 0.776. The van der Waals surface area contributed by atoms with Crippen LogP contribution in [0.25, 0.3) is 6.08 Å². The number of unbranched alkanes of at least 4 members (excludes halogenated alkanes) is 2. The molecular formula is C29H32FN5O3. The van der Waals surface area contributed by atoms with Crippen molar-refractivity contribution < 1.29 is 18.7 Å². The summed E-state index contributed by atoms with van der Waals surface area (Å²) in [6.45, 7) is 5.94. The third-order valence-electron chi connectivity index (χ3n) is 5.97. The minimum atomic E-state index is -0.873. The predicted octanol–water partition coefficient (Wildman–Crippen LogP) is 4.00. The van der Waals surface area contributed by atoms with Crippen molar-refractivity contribution in [3.05, 3.63) is 88.6 Å². The minimum Gasteiger partial charge on any atom is -0.444 e. The Hall–Kier alpha value is -4.14. The van der Waals surface area contributed by atoms with E-state index in [0.717, 1.165) is 29.2 Å². The van der Waals surface area contributed by atoms with Crippen LogP contribution in [0, 0.1) is 5.82 Å². The van der Waals surface area contributed by atoms with E-state index in [1.807, 2.05) is 45.0 Å². The molecule has 0 spiro atoms. The van der Waals surface area contributed by atoms with Gasteiger partial charge in [-0.3, -0.25) is 9.78 Å². The van der Waals surface area contributed by atoms with E-state index < -0.39 is 17.2 Å². The summed E-state index contributed by atoms with van der Waals surface area (Å²) in [6.07, 6.45) is 7.50. The normalized spacial score (nSPS) is 16.1. The van der Waals surface area contributed by atoms with Crippen LogP contribution in [0.1, 0.15) is 57.6 Å². The van der Waals surface area contributed by atoms with E-state index in [-0.39, 0.29) is 11.7 Å². The van der Waals surface area contributed by atoms with Gasteiger partial charge < -0.3 is 15.4 Å². The second-order valence-corrected chi connectivity index (χ2v) is 10.2. The van der Waals surface area contributed by atoms with Gasteiger partial charge in [-0.1, -0.05) is 18.6 Å². The average molecular weight is 518 g/mol. The molecule has 8 nitrogen and oxygen atoms in total. The molecule has 4 rings (SSSR count). The molecule has 1 aliphatic heterocycles. The summed E-state index contributed by atoms with van der Waals surface area (Å²) < 4.78 is 18.8. The van der Waals surface area contributed by atoms with Crippen LogP contribution < -0.4 is 21.3 Å². The number of carbonyl (C=O) groups excluding carboxylic acids is 2. The number of nitrogens with zero attached hydrogens (tertiary/aromatic N) is 3. The Bertz CT molecular complexity index is 1400. The first-order chi connectivity index (χ1) is 18.1. The van der Waals surface area contributed by atoms with Crippen molar-refractivity contribution in [3.8, 4) is 0 Å². The highest BCUT2D eigenvalue weighted by atomic mass is 19.1. The van der Waals surface area contributed by atoms with E-state index in [0.29, 0.717) is 30.7 Å². The third kappa shape index (κ3) is 6.79. The number of nitrogens with one attached hydrogen (secondary N) is 2. The molecule has 38 heavy (non-hydrogen) atoms. The fourth-order valence-electron chi connectivity index (χ4n) is 4.23. The van der Waals surface area contributed by atoms with Gasteiger partial charge in [0.2, 0.25) is 5.91 Å². The van der Waals surface area contributed by atoms with Gasteiger partial charge in [0.05, 0.1) is 0 Å². The molecule has 0 bridgehead atoms. The van der Waals surface area contributed by atoms with E-state index in [2.05, 4.69) is 20.6 Å². The highest BCUT2D eigenvalue weighted by Crippen LogP contribution is 2.36. The largest absolute Gasteiger partial charge is 0.444 e. The molecule has 0 saturated heterocycles. The Kier molecular flexibility index (Phi) is 8.14. The lowest BCUT2D eigenvalue weighted by Crippen LogP contribution is -2.33. The molecule has 1 unspecified atom stereocenters. The second-order valence-electron chi connectivity index (χ2n) is 10.2. The molecule has 9 heteroatoms. The van der Waals surface area contributed by atoms with Crippen LogP contribution in [-0.4, -0.2) is 34.1 Å². The first kappa shape index (κ1) is 26.9. The fraction of sp³-hybridized carbons (Fsp3) is 0.345. The average Bonchev–Trinajstić information content (AvgIpc) is 3.26. The number of hydrogen-bond acceptors (Lipinski definition) is 6. The summed E-state index contributed by atoms with van der Waals surface area (Å²) in [5, 5.41) is 6.39. The number of rotatable bonds is 9. The van der Waals surface area contributed by atoms with Crippen molar-refractivity contribution in [1.29, 1.82) is 0 Å². The number of benzene rings is 1. The summed E-state index contributed by atoms with van der Waals surface area (Å²) >= 11 is 0. The van der Waals surface area contributed by atoms with Crippen LogP contribution >= 0.6 is 0 Å². The number of hydrogen-bond donors (Lipinski definition) is 2. The summed E-state index contributed by atoms with van der Waals surface area (Å²) in [4.78, 5) is 37.8. The van der Waals surface area contributed by atoms with Crippen molar-refractivity contribution >= 4 is 23.9 Å². The molecule has 0 aliphatic carbocycles. The van der Waals surface area contributed by atoms with Crippen molar-refractivity contribution in [1.82, 2.24) is 15.3 Å². The quantitative estimate of drug-likeness (QED) is 0.418. The number of halogens is 1. The Labute approximate surface area is 221 Å². The van der Waals surface area contributed by atoms with Crippen LogP contribution in [0.4, 0.5) is 15.0 Å². The monoisotopic (exact) mass is 517 g/mol. The maximum absolute atomic E-state index is 13.6. The van der Waals surface area contributed by atoms with Crippen molar-refractivity contribution in [2.45, 2.75) is 57.6 Å². The number of pyridine rings is 2. The molecule has 2 amide bonds. The number of carbonyl (C=O) groups is 2. The van der Waals surface area contributed by atoms with Crippen LogP contribution in [-0.2, 0) is 15.1 Å². The van der Waals surface area contributed by atoms with E-state index >= 15 is 0 Å². The Morgan fingerprint density at radius 2 is 1.66 bits per heavy atom. The van der Waals surface area contributed by atoms with Gasteiger partial charge in [-0.2, -0.15) is 0 Å². The first-order valence-electron chi connectivity index (χ1n) is 12.7. The zero-order valence-electron chi connectivity index (χ0n) is 21.8. The summed E-state index contributed by atoms with van der Waals surface area (Å²) in [7, 11) is 0. The van der Waals surface area contributed by atoms with Crippen LogP contribution in [0.2, 0.25) is 0 Å². The SMILES string of the molecule is CC(C)(C)OC(=O)NCCCCCC(=O)Nc1ccc2c(n1)=NC(c1ccncc1)(c1ccc(F)cc1)C=2. The van der Waals surface area contributed by atoms with Crippen LogP contribution in [0.3, 0.4) is 0 Å². The maximum Gasteiger partial charge on any atom is 0.407 e. The number of aromatic nitrogens is 2. The molecule has 0 saturated carbocycles. The van der Waals surface area contributed by atoms with E-state index in [1.54, 1.807) is 30.6 Å². The lowest BCUT2D eigenvalue weighted by atomic mass is 9.84. The molecule has 3 aromatic rings. The van der Waals surface area contributed by atoms with Crippen molar-refractivity contribution in [2.24, 2.45) is 4.99 Å². The van der Waals surface area contributed by atoms with E-state index in [4.69, 9.17) is 9.73 Å². The molecule has 3 heterocycles. The minimum absolute atomic E-state index is 0.140. The molecule has 198 valence electrons. The second kappa shape index (κ2) is 11.5. The van der Waals surface area contributed by atoms with Gasteiger partial charge >= 0.3 is 6.09 Å². The molecule has 1 aliphatic rings. The number of alkyl carbamates (subject to hydrolysis) is 1. The van der Waals surface area contributed by atoms with Crippen LogP contribution in [0.15, 0.2) is 65.9 Å². The van der Waals surface area contributed by atoms with Gasteiger partial charge in [0.15, 0.2) is 5.49 Å². The molecule has 0 fully saturated rings. The van der Waals surface area contributed by atoms with Gasteiger partial charge in [0.1, 0.15) is 22.8 Å². The third-order valence-corrected chi connectivity index (χ3v) is 5.97. The first-order valence-corrected chi connectivity index (χ1v) is 12.7. The number of fused-ring (bicyclic) bond motifs is 1. The van der Waals surface area contributed by atoms with Gasteiger partial charge in [0, 0.05) is 30.6 Å². The molecule has 1 aromatic carbocycles. The topological polar surface area (TPSA) is 106 Å². The molecule has 1 atom stereocenters. The van der Waals surface area contributed by atoms with Gasteiger partial charge in [0.25, 0.3) is 0 Å². The number of anilines is 1. The standard InChI is InChI=1S/C29H32FN5O3/c1-28(2,3)38-27(37)32-16-6-4-5-7-25(36)33-24-13-8-20-19-29(35-26(20)34-24,22-14-17-31-18-15-22)21-9-11-23(30)12-10-21/h8-15,17-19H,4-7,16H2,1-3H3,(H,32,37)(H,33,34,35,36). The van der Waals surface area contributed by atoms with Crippen molar-refractivity contribution in [2.75, 3.05) is 11.9 Å². The van der Waals surface area contributed by atoms with Gasteiger partial charge in [-0.05, 0) is 87.2 Å². The Morgan fingerprint density at radius 1 is 0.947 bits per heavy atom. The highest BCUT2D eigenvalue weighted by molar-refractivity contribution is 5.89.